The Morgan fingerprint density at radius 3 is 2.42 bits per heavy atom. The number of carbonyl (C=O) groups is 2. The first-order valence-corrected chi connectivity index (χ1v) is 6.51. The molecule has 0 aliphatic rings. The van der Waals surface area contributed by atoms with Crippen molar-refractivity contribution < 1.29 is 14.3 Å². The maximum Gasteiger partial charge on any atom is 0.292 e. The quantitative estimate of drug-likeness (QED) is 0.465. The van der Waals surface area contributed by atoms with Gasteiger partial charge in [-0.2, -0.15) is 0 Å². The van der Waals surface area contributed by atoms with Crippen molar-refractivity contribution in [1.82, 2.24) is 5.32 Å². The number of ether oxygens (including phenoxy) is 1. The molecule has 0 aliphatic heterocycles. The van der Waals surface area contributed by atoms with Crippen molar-refractivity contribution in [1.29, 1.82) is 0 Å². The van der Waals surface area contributed by atoms with Gasteiger partial charge in [-0.15, -0.1) is 0 Å². The molecule has 0 heterocycles. The maximum atomic E-state index is 11.8. The third-order valence-corrected chi connectivity index (χ3v) is 2.58. The van der Waals surface area contributed by atoms with E-state index in [1.807, 2.05) is 32.9 Å². The molecule has 1 aromatic carbocycles. The van der Waals surface area contributed by atoms with Gasteiger partial charge in [0.1, 0.15) is 0 Å². The minimum atomic E-state index is -0.562. The van der Waals surface area contributed by atoms with Gasteiger partial charge in [0, 0.05) is 18.7 Å². The molecular formula is C15H21NO3. The van der Waals surface area contributed by atoms with Crippen molar-refractivity contribution >= 4 is 11.7 Å². The van der Waals surface area contributed by atoms with Crippen LogP contribution >= 0.6 is 0 Å². The summed E-state index contributed by atoms with van der Waals surface area (Å²) in [5, 5.41) is 2.60. The van der Waals surface area contributed by atoms with E-state index in [1.165, 1.54) is 0 Å². The first kappa shape index (κ1) is 15.4. The molecule has 0 saturated heterocycles. The standard InChI is InChI=1S/C15H21NO3/c1-11(2)19-10-4-9-16-15(18)14(17)13-7-5-12(3)6-8-13/h5-8,11H,4,9-10H2,1-3H3,(H,16,18). The largest absolute Gasteiger partial charge is 0.379 e. The molecular weight excluding hydrogens is 242 g/mol. The van der Waals surface area contributed by atoms with E-state index in [2.05, 4.69) is 5.32 Å². The molecule has 0 saturated carbocycles. The van der Waals surface area contributed by atoms with Gasteiger partial charge in [-0.3, -0.25) is 9.59 Å². The number of amides is 1. The maximum absolute atomic E-state index is 11.8. The number of rotatable bonds is 7. The Morgan fingerprint density at radius 2 is 1.84 bits per heavy atom. The van der Waals surface area contributed by atoms with E-state index < -0.39 is 11.7 Å². The zero-order chi connectivity index (χ0) is 14.3. The summed E-state index contributed by atoms with van der Waals surface area (Å²) < 4.78 is 5.35. The Kier molecular flexibility index (Phi) is 6.22. The SMILES string of the molecule is Cc1ccc(C(=O)C(=O)NCCCOC(C)C)cc1. The number of hydrogen-bond donors (Lipinski definition) is 1. The molecule has 4 heteroatoms. The Bertz CT molecular complexity index is 424. The lowest BCUT2D eigenvalue weighted by Crippen LogP contribution is -2.32. The molecule has 0 fully saturated rings. The van der Waals surface area contributed by atoms with Crippen molar-refractivity contribution in [2.45, 2.75) is 33.3 Å². The number of Topliss-reactive ketones (excluding diaryl/α,β-unsaturated/α-hetero) is 1. The summed E-state index contributed by atoms with van der Waals surface area (Å²) in [5.41, 5.74) is 1.48. The summed E-state index contributed by atoms with van der Waals surface area (Å²) in [6, 6.07) is 6.96. The van der Waals surface area contributed by atoms with Crippen LogP contribution in [0, 0.1) is 6.92 Å². The molecule has 1 aromatic rings. The van der Waals surface area contributed by atoms with E-state index in [-0.39, 0.29) is 6.10 Å². The van der Waals surface area contributed by atoms with Crippen molar-refractivity contribution in [3.8, 4) is 0 Å². The smallest absolute Gasteiger partial charge is 0.292 e. The zero-order valence-corrected chi connectivity index (χ0v) is 11.7. The molecule has 0 aliphatic carbocycles. The number of carbonyl (C=O) groups excluding carboxylic acids is 2. The minimum absolute atomic E-state index is 0.185. The molecule has 19 heavy (non-hydrogen) atoms. The molecule has 0 radical (unpaired) electrons. The highest BCUT2D eigenvalue weighted by molar-refractivity contribution is 6.42. The normalized spacial score (nSPS) is 10.5. The fraction of sp³-hybridized carbons (Fsp3) is 0.467. The van der Waals surface area contributed by atoms with E-state index in [9.17, 15) is 9.59 Å². The van der Waals surface area contributed by atoms with Gasteiger partial charge in [-0.05, 0) is 27.2 Å². The molecule has 1 rings (SSSR count). The molecule has 0 atom stereocenters. The average molecular weight is 263 g/mol. The molecule has 0 bridgehead atoms. The molecule has 1 N–H and O–H groups in total. The van der Waals surface area contributed by atoms with E-state index in [0.29, 0.717) is 25.1 Å². The number of benzene rings is 1. The van der Waals surface area contributed by atoms with Gasteiger partial charge in [0.05, 0.1) is 6.10 Å². The van der Waals surface area contributed by atoms with E-state index >= 15 is 0 Å². The predicted molar refractivity (Wildman–Crippen MR) is 74.2 cm³/mol. The second kappa shape index (κ2) is 7.69. The van der Waals surface area contributed by atoms with Gasteiger partial charge in [0.25, 0.3) is 5.91 Å². The van der Waals surface area contributed by atoms with Crippen LogP contribution in [0.4, 0.5) is 0 Å². The Hall–Kier alpha value is -1.68. The molecule has 0 aromatic heterocycles. The van der Waals surface area contributed by atoms with Gasteiger partial charge >= 0.3 is 0 Å². The van der Waals surface area contributed by atoms with Crippen LogP contribution in [-0.2, 0) is 9.53 Å². The van der Waals surface area contributed by atoms with Crippen LogP contribution in [0.15, 0.2) is 24.3 Å². The predicted octanol–water partition coefficient (Wildman–Crippen LogP) is 2.11. The van der Waals surface area contributed by atoms with Crippen LogP contribution in [0.2, 0.25) is 0 Å². The van der Waals surface area contributed by atoms with Crippen LogP contribution in [0.3, 0.4) is 0 Å². The molecule has 0 spiro atoms. The fourth-order valence-electron chi connectivity index (χ4n) is 1.51. The molecule has 4 nitrogen and oxygen atoms in total. The van der Waals surface area contributed by atoms with Gasteiger partial charge in [-0.1, -0.05) is 29.8 Å². The highest BCUT2D eigenvalue weighted by Gasteiger charge is 2.14. The summed E-state index contributed by atoms with van der Waals surface area (Å²) in [5.74, 6) is -1.06. The van der Waals surface area contributed by atoms with E-state index in [0.717, 1.165) is 5.56 Å². The van der Waals surface area contributed by atoms with E-state index in [4.69, 9.17) is 4.74 Å². The van der Waals surface area contributed by atoms with Crippen molar-refractivity contribution in [3.05, 3.63) is 35.4 Å². The number of aryl methyl sites for hydroxylation is 1. The summed E-state index contributed by atoms with van der Waals surface area (Å²) in [6.07, 6.45) is 0.885. The van der Waals surface area contributed by atoms with Gasteiger partial charge in [0.2, 0.25) is 5.78 Å². The second-order valence-electron chi connectivity index (χ2n) is 4.72. The first-order valence-electron chi connectivity index (χ1n) is 6.51. The van der Waals surface area contributed by atoms with Gasteiger partial charge in [-0.25, -0.2) is 0 Å². The third kappa shape index (κ3) is 5.66. The van der Waals surface area contributed by atoms with Crippen LogP contribution < -0.4 is 5.32 Å². The monoisotopic (exact) mass is 263 g/mol. The van der Waals surface area contributed by atoms with Crippen LogP contribution in [0.25, 0.3) is 0 Å². The van der Waals surface area contributed by atoms with Crippen molar-refractivity contribution in [3.63, 3.8) is 0 Å². The first-order chi connectivity index (χ1) is 9.00. The number of hydrogen-bond acceptors (Lipinski definition) is 3. The molecule has 0 unspecified atom stereocenters. The van der Waals surface area contributed by atoms with Crippen LogP contribution in [0.1, 0.15) is 36.2 Å². The van der Waals surface area contributed by atoms with Gasteiger partial charge in [0.15, 0.2) is 0 Å². The highest BCUT2D eigenvalue weighted by Crippen LogP contribution is 2.04. The summed E-state index contributed by atoms with van der Waals surface area (Å²) in [6.45, 7) is 6.88. The average Bonchev–Trinajstić information content (AvgIpc) is 2.37. The topological polar surface area (TPSA) is 55.4 Å². The lowest BCUT2D eigenvalue weighted by Gasteiger charge is -2.08. The molecule has 1 amide bonds. The Balaban J connectivity index is 2.33. The highest BCUT2D eigenvalue weighted by atomic mass is 16.5. The Morgan fingerprint density at radius 1 is 1.21 bits per heavy atom. The summed E-state index contributed by atoms with van der Waals surface area (Å²) in [7, 11) is 0. The molecule has 104 valence electrons. The van der Waals surface area contributed by atoms with Gasteiger partial charge < -0.3 is 10.1 Å². The summed E-state index contributed by atoms with van der Waals surface area (Å²) in [4.78, 5) is 23.4. The third-order valence-electron chi connectivity index (χ3n) is 2.58. The van der Waals surface area contributed by atoms with Crippen LogP contribution in [-0.4, -0.2) is 30.9 Å². The minimum Gasteiger partial charge on any atom is -0.379 e. The van der Waals surface area contributed by atoms with Crippen molar-refractivity contribution in [2.24, 2.45) is 0 Å². The lowest BCUT2D eigenvalue weighted by molar-refractivity contribution is -0.117. The second-order valence-corrected chi connectivity index (χ2v) is 4.72. The fourth-order valence-corrected chi connectivity index (χ4v) is 1.51. The van der Waals surface area contributed by atoms with E-state index in [1.54, 1.807) is 12.1 Å². The lowest BCUT2D eigenvalue weighted by atomic mass is 10.1. The summed E-state index contributed by atoms with van der Waals surface area (Å²) >= 11 is 0. The zero-order valence-electron chi connectivity index (χ0n) is 11.7. The number of nitrogens with one attached hydrogen (secondary N) is 1. The van der Waals surface area contributed by atoms with Crippen LogP contribution in [0.5, 0.6) is 0 Å². The Labute approximate surface area is 114 Å². The van der Waals surface area contributed by atoms with Crippen molar-refractivity contribution in [2.75, 3.05) is 13.2 Å². The number of ketones is 1.